The van der Waals surface area contributed by atoms with Crippen LogP contribution in [0.4, 0.5) is 14.5 Å². The van der Waals surface area contributed by atoms with Crippen LogP contribution in [-0.4, -0.2) is 55.5 Å². The maximum Gasteiger partial charge on any atom is 0.282 e. The molecule has 1 aromatic rings. The number of hydrogen-bond acceptors (Lipinski definition) is 6. The first kappa shape index (κ1) is 20.8. The van der Waals surface area contributed by atoms with Crippen LogP contribution in [0.1, 0.15) is 48.2 Å². The van der Waals surface area contributed by atoms with Crippen LogP contribution in [0.5, 0.6) is 5.88 Å². The van der Waals surface area contributed by atoms with Crippen molar-refractivity contribution in [1.29, 1.82) is 0 Å². The molecule has 0 unspecified atom stereocenters. The molecule has 3 aliphatic rings. The van der Waals surface area contributed by atoms with Crippen LogP contribution >= 0.6 is 0 Å². The highest BCUT2D eigenvalue weighted by Crippen LogP contribution is 2.44. The molecule has 5 N–H and O–H groups in total. The van der Waals surface area contributed by atoms with Crippen molar-refractivity contribution in [3.63, 3.8) is 0 Å². The number of anilines is 1. The van der Waals surface area contributed by atoms with Crippen molar-refractivity contribution >= 4 is 17.5 Å². The summed E-state index contributed by atoms with van der Waals surface area (Å²) in [5.74, 6) is -3.48. The fourth-order valence-corrected chi connectivity index (χ4v) is 4.35. The summed E-state index contributed by atoms with van der Waals surface area (Å²) in [5, 5.41) is 3.23. The minimum absolute atomic E-state index is 0.0139. The fraction of sp³-hybridized carbons (Fsp3) is 0.650. The molecule has 2 saturated heterocycles. The molecule has 0 aromatic carbocycles. The molecule has 3 fully saturated rings. The summed E-state index contributed by atoms with van der Waals surface area (Å²) >= 11 is 0. The SMILES string of the molecule is NC(=O)CC1(c2cc(N3CC(F)(F)C3)c(OCC3CC3)nc2C(N)=O)CCNCC1. The number of primary amides is 2. The minimum atomic E-state index is -2.78. The molecule has 2 aliphatic heterocycles. The summed E-state index contributed by atoms with van der Waals surface area (Å²) in [6.45, 7) is 0.769. The number of carbonyl (C=O) groups excluding carboxylic acids is 2. The molecule has 0 bridgehead atoms. The number of halogens is 2. The van der Waals surface area contributed by atoms with Crippen LogP contribution in [0, 0.1) is 5.92 Å². The summed E-state index contributed by atoms with van der Waals surface area (Å²) in [6, 6.07) is 1.67. The summed E-state index contributed by atoms with van der Waals surface area (Å²) in [7, 11) is 0. The smallest absolute Gasteiger partial charge is 0.282 e. The highest BCUT2D eigenvalue weighted by molar-refractivity contribution is 5.94. The van der Waals surface area contributed by atoms with Crippen molar-refractivity contribution in [3.05, 3.63) is 17.3 Å². The first-order chi connectivity index (χ1) is 14.2. The van der Waals surface area contributed by atoms with Gasteiger partial charge in [-0.15, -0.1) is 0 Å². The monoisotopic (exact) mass is 423 g/mol. The van der Waals surface area contributed by atoms with Gasteiger partial charge in [-0.25, -0.2) is 13.8 Å². The Morgan fingerprint density at radius 1 is 1.23 bits per heavy atom. The zero-order valence-corrected chi connectivity index (χ0v) is 16.8. The average Bonchev–Trinajstić information content (AvgIpc) is 3.48. The third kappa shape index (κ3) is 4.19. The number of carbonyl (C=O) groups is 2. The van der Waals surface area contributed by atoms with E-state index >= 15 is 0 Å². The molecular weight excluding hydrogens is 396 g/mol. The van der Waals surface area contributed by atoms with Crippen molar-refractivity contribution in [2.75, 3.05) is 37.7 Å². The average molecular weight is 423 g/mol. The first-order valence-electron chi connectivity index (χ1n) is 10.3. The number of piperidine rings is 1. The third-order valence-electron chi connectivity index (χ3n) is 6.18. The quantitative estimate of drug-likeness (QED) is 0.571. The zero-order chi connectivity index (χ0) is 21.5. The lowest BCUT2D eigenvalue weighted by Gasteiger charge is -2.42. The normalized spacial score (nSPS) is 22.3. The number of nitrogens with two attached hydrogens (primary N) is 2. The number of alkyl halides is 2. The van der Waals surface area contributed by atoms with E-state index in [-0.39, 0.29) is 18.0 Å². The summed E-state index contributed by atoms with van der Waals surface area (Å²) in [5.41, 5.74) is 11.3. The number of ether oxygens (including phenoxy) is 1. The van der Waals surface area contributed by atoms with Gasteiger partial charge in [0, 0.05) is 11.8 Å². The molecule has 0 radical (unpaired) electrons. The second-order valence-corrected chi connectivity index (χ2v) is 8.71. The third-order valence-corrected chi connectivity index (χ3v) is 6.18. The van der Waals surface area contributed by atoms with Gasteiger partial charge < -0.3 is 26.4 Å². The molecular formula is C20H27F2N5O3. The Balaban J connectivity index is 1.79. The Bertz CT molecular complexity index is 845. The first-order valence-corrected chi connectivity index (χ1v) is 10.3. The predicted molar refractivity (Wildman–Crippen MR) is 106 cm³/mol. The molecule has 164 valence electrons. The van der Waals surface area contributed by atoms with Crippen molar-refractivity contribution < 1.29 is 23.1 Å². The molecule has 8 nitrogen and oxygen atoms in total. The number of aromatic nitrogens is 1. The van der Waals surface area contributed by atoms with Gasteiger partial charge in [0.25, 0.3) is 11.8 Å². The van der Waals surface area contributed by atoms with Crippen LogP contribution < -0.4 is 26.4 Å². The molecule has 1 saturated carbocycles. The van der Waals surface area contributed by atoms with Gasteiger partial charge in [0.05, 0.1) is 19.7 Å². The number of nitrogens with zero attached hydrogens (tertiary/aromatic N) is 2. The van der Waals surface area contributed by atoms with E-state index < -0.39 is 36.2 Å². The van der Waals surface area contributed by atoms with Crippen molar-refractivity contribution in [2.45, 2.75) is 43.4 Å². The summed E-state index contributed by atoms with van der Waals surface area (Å²) in [6.07, 6.45) is 3.22. The lowest BCUT2D eigenvalue weighted by molar-refractivity contribution is -0.119. The Kier molecular flexibility index (Phi) is 5.29. The standard InChI is InChI=1S/C20H27F2N5O3/c21-20(22)10-27(11-20)14-7-13(19(8-15(23)28)3-5-25-6-4-19)16(17(24)29)26-18(14)30-9-12-1-2-12/h7,12,25H,1-6,8-11H2,(H2,23,28)(H2,24,29). The Hall–Kier alpha value is -2.49. The molecule has 4 rings (SSSR count). The number of pyridine rings is 1. The van der Waals surface area contributed by atoms with Crippen LogP contribution in [0.2, 0.25) is 0 Å². The number of nitrogens with one attached hydrogen (secondary N) is 1. The lowest BCUT2D eigenvalue weighted by Crippen LogP contribution is -2.56. The molecule has 2 amide bonds. The molecule has 10 heteroatoms. The van der Waals surface area contributed by atoms with E-state index in [2.05, 4.69) is 10.3 Å². The van der Waals surface area contributed by atoms with Crippen molar-refractivity contribution in [2.24, 2.45) is 17.4 Å². The molecule has 0 atom stereocenters. The Morgan fingerprint density at radius 3 is 2.43 bits per heavy atom. The van der Waals surface area contributed by atoms with Gasteiger partial charge in [-0.2, -0.15) is 0 Å². The molecule has 0 spiro atoms. The minimum Gasteiger partial charge on any atom is -0.476 e. The molecule has 1 aromatic heterocycles. The van der Waals surface area contributed by atoms with Gasteiger partial charge in [0.15, 0.2) is 0 Å². The molecule has 30 heavy (non-hydrogen) atoms. The van der Waals surface area contributed by atoms with E-state index in [0.717, 1.165) is 12.8 Å². The van der Waals surface area contributed by atoms with E-state index in [9.17, 15) is 18.4 Å². The van der Waals surface area contributed by atoms with E-state index in [4.69, 9.17) is 16.2 Å². The summed E-state index contributed by atoms with van der Waals surface area (Å²) in [4.78, 5) is 30.1. The zero-order valence-electron chi connectivity index (χ0n) is 16.8. The van der Waals surface area contributed by atoms with Gasteiger partial charge in [-0.1, -0.05) is 0 Å². The van der Waals surface area contributed by atoms with Crippen LogP contribution in [0.25, 0.3) is 0 Å². The van der Waals surface area contributed by atoms with Gasteiger partial charge in [-0.05, 0) is 56.3 Å². The highest BCUT2D eigenvalue weighted by atomic mass is 19.3. The Labute approximate surface area is 173 Å². The maximum absolute atomic E-state index is 13.6. The van der Waals surface area contributed by atoms with E-state index in [1.165, 1.54) is 4.90 Å². The van der Waals surface area contributed by atoms with Crippen LogP contribution in [0.15, 0.2) is 6.07 Å². The second kappa shape index (κ2) is 7.64. The predicted octanol–water partition coefficient (Wildman–Crippen LogP) is 0.921. The van der Waals surface area contributed by atoms with E-state index in [1.54, 1.807) is 6.07 Å². The lowest BCUT2D eigenvalue weighted by atomic mass is 9.69. The number of rotatable bonds is 8. The van der Waals surface area contributed by atoms with Crippen LogP contribution in [0.3, 0.4) is 0 Å². The van der Waals surface area contributed by atoms with Crippen molar-refractivity contribution in [1.82, 2.24) is 10.3 Å². The highest BCUT2D eigenvalue weighted by Gasteiger charge is 2.47. The van der Waals surface area contributed by atoms with Crippen molar-refractivity contribution in [3.8, 4) is 5.88 Å². The molecule has 3 heterocycles. The number of hydrogen-bond donors (Lipinski definition) is 3. The maximum atomic E-state index is 13.6. The van der Waals surface area contributed by atoms with Gasteiger partial charge in [0.2, 0.25) is 11.8 Å². The van der Waals surface area contributed by atoms with E-state index in [0.29, 0.717) is 49.7 Å². The fourth-order valence-electron chi connectivity index (χ4n) is 4.35. The molecule has 1 aliphatic carbocycles. The van der Waals surface area contributed by atoms with Gasteiger partial charge >= 0.3 is 0 Å². The topological polar surface area (TPSA) is 124 Å². The van der Waals surface area contributed by atoms with E-state index in [1.807, 2.05) is 0 Å². The number of amides is 2. The Morgan fingerprint density at radius 2 is 1.90 bits per heavy atom. The van der Waals surface area contributed by atoms with Crippen LogP contribution in [-0.2, 0) is 10.2 Å². The van der Waals surface area contributed by atoms with Gasteiger partial charge in [0.1, 0.15) is 11.4 Å². The largest absolute Gasteiger partial charge is 0.476 e. The summed E-state index contributed by atoms with van der Waals surface area (Å²) < 4.78 is 33.0. The second-order valence-electron chi connectivity index (χ2n) is 8.71. The van der Waals surface area contributed by atoms with Gasteiger partial charge in [-0.3, -0.25) is 9.59 Å².